The zero-order valence-electron chi connectivity index (χ0n) is 12.9. The van der Waals surface area contributed by atoms with Crippen LogP contribution in [0.5, 0.6) is 0 Å². The smallest absolute Gasteiger partial charge is 0.326 e. The Hall–Kier alpha value is -2.62. The van der Waals surface area contributed by atoms with Gasteiger partial charge >= 0.3 is 5.97 Å². The van der Waals surface area contributed by atoms with Crippen LogP contribution >= 0.6 is 0 Å². The van der Waals surface area contributed by atoms with Gasteiger partial charge in [0.15, 0.2) is 0 Å². The molecule has 0 aliphatic rings. The fourth-order valence-electron chi connectivity index (χ4n) is 2.44. The maximum Gasteiger partial charge on any atom is 0.326 e. The molecule has 0 radical (unpaired) electrons. The van der Waals surface area contributed by atoms with E-state index in [1.54, 1.807) is 0 Å². The molecule has 120 valence electrons. The van der Waals surface area contributed by atoms with Gasteiger partial charge in [-0.25, -0.2) is 4.79 Å². The molecule has 0 aliphatic heterocycles. The van der Waals surface area contributed by atoms with Gasteiger partial charge in [-0.3, -0.25) is 4.79 Å². The summed E-state index contributed by atoms with van der Waals surface area (Å²) in [5.74, 6) is -1.25. The first kappa shape index (κ1) is 16.7. The molecule has 23 heavy (non-hydrogen) atoms. The normalized spacial score (nSPS) is 11.7. The van der Waals surface area contributed by atoms with E-state index in [0.717, 1.165) is 12.0 Å². The van der Waals surface area contributed by atoms with E-state index in [4.69, 9.17) is 0 Å². The molecule has 4 heteroatoms. The lowest BCUT2D eigenvalue weighted by atomic mass is 10.0. The number of carboxylic acids is 1. The molecular weight excluding hydrogens is 290 g/mol. The van der Waals surface area contributed by atoms with E-state index in [2.05, 4.69) is 5.32 Å². The van der Waals surface area contributed by atoms with E-state index >= 15 is 0 Å². The standard InChI is InChI=1S/C19H21NO3/c21-18(14-16-10-5-2-6-11-16)20-17(19(22)23)13-7-12-15-8-3-1-4-9-15/h1-6,8-11,17H,7,12-14H2,(H,20,21)(H,22,23)/t17-/m1/s1. The Balaban J connectivity index is 1.81. The van der Waals surface area contributed by atoms with Gasteiger partial charge in [0.25, 0.3) is 0 Å². The van der Waals surface area contributed by atoms with Gasteiger partial charge in [0, 0.05) is 0 Å². The van der Waals surface area contributed by atoms with Crippen molar-refractivity contribution in [2.75, 3.05) is 0 Å². The van der Waals surface area contributed by atoms with E-state index in [1.807, 2.05) is 60.7 Å². The summed E-state index contributed by atoms with van der Waals surface area (Å²) in [6.07, 6.45) is 2.14. The van der Waals surface area contributed by atoms with Gasteiger partial charge in [-0.05, 0) is 30.4 Å². The summed E-state index contributed by atoms with van der Waals surface area (Å²) in [7, 11) is 0. The highest BCUT2D eigenvalue weighted by Crippen LogP contribution is 2.07. The Morgan fingerprint density at radius 1 is 0.913 bits per heavy atom. The molecule has 4 nitrogen and oxygen atoms in total. The number of nitrogens with one attached hydrogen (secondary N) is 1. The molecule has 2 N–H and O–H groups in total. The third kappa shape index (κ3) is 5.94. The number of amides is 1. The Labute approximate surface area is 136 Å². The predicted octanol–water partition coefficient (Wildman–Crippen LogP) is 2.82. The molecule has 0 saturated carbocycles. The van der Waals surface area contributed by atoms with Crippen LogP contribution in [0.3, 0.4) is 0 Å². The average molecular weight is 311 g/mol. The van der Waals surface area contributed by atoms with Crippen LogP contribution in [0.2, 0.25) is 0 Å². The van der Waals surface area contributed by atoms with Crippen molar-refractivity contribution in [2.24, 2.45) is 0 Å². The second kappa shape index (κ2) is 8.73. The quantitative estimate of drug-likeness (QED) is 0.788. The molecule has 2 aromatic carbocycles. The maximum atomic E-state index is 12.0. The van der Waals surface area contributed by atoms with E-state index in [-0.39, 0.29) is 12.3 Å². The first-order valence-corrected chi connectivity index (χ1v) is 7.75. The Kier molecular flexibility index (Phi) is 6.36. The summed E-state index contributed by atoms with van der Waals surface area (Å²) in [5, 5.41) is 11.9. The summed E-state index contributed by atoms with van der Waals surface area (Å²) in [6.45, 7) is 0. The van der Waals surface area contributed by atoms with Crippen molar-refractivity contribution in [1.82, 2.24) is 5.32 Å². The molecule has 1 atom stereocenters. The number of aliphatic carboxylic acids is 1. The molecule has 0 fully saturated rings. The summed E-state index contributed by atoms with van der Waals surface area (Å²) >= 11 is 0. The number of aryl methyl sites for hydroxylation is 1. The van der Waals surface area contributed by atoms with Crippen molar-refractivity contribution in [2.45, 2.75) is 31.7 Å². The van der Waals surface area contributed by atoms with Crippen molar-refractivity contribution in [3.8, 4) is 0 Å². The van der Waals surface area contributed by atoms with Crippen LogP contribution in [0.15, 0.2) is 60.7 Å². The largest absolute Gasteiger partial charge is 0.480 e. The van der Waals surface area contributed by atoms with Crippen LogP contribution in [-0.4, -0.2) is 23.0 Å². The first-order valence-electron chi connectivity index (χ1n) is 7.75. The summed E-state index contributed by atoms with van der Waals surface area (Å²) < 4.78 is 0. The summed E-state index contributed by atoms with van der Waals surface area (Å²) in [5.41, 5.74) is 2.05. The van der Waals surface area contributed by atoms with E-state index < -0.39 is 12.0 Å². The van der Waals surface area contributed by atoms with Gasteiger partial charge in [0.2, 0.25) is 5.91 Å². The summed E-state index contributed by atoms with van der Waals surface area (Å²) in [4.78, 5) is 23.3. The number of carbonyl (C=O) groups is 2. The SMILES string of the molecule is O=C(Cc1ccccc1)N[C@H](CCCc1ccccc1)C(=O)O. The zero-order chi connectivity index (χ0) is 16.5. The van der Waals surface area contributed by atoms with Gasteiger partial charge in [-0.15, -0.1) is 0 Å². The highest BCUT2D eigenvalue weighted by Gasteiger charge is 2.19. The lowest BCUT2D eigenvalue weighted by Crippen LogP contribution is -2.41. The molecule has 0 heterocycles. The molecule has 1 amide bonds. The topological polar surface area (TPSA) is 66.4 Å². The molecule has 0 unspecified atom stereocenters. The highest BCUT2D eigenvalue weighted by molar-refractivity contribution is 5.84. The molecule has 2 aromatic rings. The number of carbonyl (C=O) groups excluding carboxylic acids is 1. The average Bonchev–Trinajstić information content (AvgIpc) is 2.55. The fourth-order valence-corrected chi connectivity index (χ4v) is 2.44. The minimum Gasteiger partial charge on any atom is -0.480 e. The maximum absolute atomic E-state index is 12.0. The predicted molar refractivity (Wildman–Crippen MR) is 89.1 cm³/mol. The van der Waals surface area contributed by atoms with Crippen molar-refractivity contribution in [3.63, 3.8) is 0 Å². The van der Waals surface area contributed by atoms with Gasteiger partial charge < -0.3 is 10.4 Å². The minimum atomic E-state index is -0.987. The van der Waals surface area contributed by atoms with Crippen LogP contribution < -0.4 is 5.32 Å². The number of hydrogen-bond donors (Lipinski definition) is 2. The van der Waals surface area contributed by atoms with E-state index in [0.29, 0.717) is 12.8 Å². The lowest BCUT2D eigenvalue weighted by molar-refractivity contribution is -0.141. The fraction of sp³-hybridized carbons (Fsp3) is 0.263. The summed E-state index contributed by atoms with van der Waals surface area (Å²) in [6, 6.07) is 18.4. The molecule has 2 rings (SSSR count). The lowest BCUT2D eigenvalue weighted by Gasteiger charge is -2.14. The van der Waals surface area contributed by atoms with Crippen molar-refractivity contribution in [1.29, 1.82) is 0 Å². The minimum absolute atomic E-state index is 0.198. The third-order valence-electron chi connectivity index (χ3n) is 3.64. The second-order valence-corrected chi connectivity index (χ2v) is 5.50. The van der Waals surface area contributed by atoms with Crippen molar-refractivity contribution >= 4 is 11.9 Å². The van der Waals surface area contributed by atoms with Crippen LogP contribution in [0, 0.1) is 0 Å². The molecule has 0 saturated heterocycles. The Morgan fingerprint density at radius 2 is 1.48 bits per heavy atom. The van der Waals surface area contributed by atoms with Crippen molar-refractivity contribution < 1.29 is 14.7 Å². The van der Waals surface area contributed by atoms with Gasteiger partial charge in [0.1, 0.15) is 6.04 Å². The van der Waals surface area contributed by atoms with Crippen LogP contribution in [0.4, 0.5) is 0 Å². The number of benzene rings is 2. The first-order chi connectivity index (χ1) is 11.1. The number of hydrogen-bond acceptors (Lipinski definition) is 2. The number of carboxylic acid groups (broad SMARTS) is 1. The third-order valence-corrected chi connectivity index (χ3v) is 3.64. The Bertz CT molecular complexity index is 626. The molecule has 0 aliphatic carbocycles. The highest BCUT2D eigenvalue weighted by atomic mass is 16.4. The second-order valence-electron chi connectivity index (χ2n) is 5.50. The van der Waals surface area contributed by atoms with Crippen LogP contribution in [-0.2, 0) is 22.4 Å². The molecule has 0 spiro atoms. The zero-order valence-corrected chi connectivity index (χ0v) is 12.9. The van der Waals surface area contributed by atoms with Gasteiger partial charge in [-0.2, -0.15) is 0 Å². The van der Waals surface area contributed by atoms with E-state index in [9.17, 15) is 14.7 Å². The van der Waals surface area contributed by atoms with Crippen LogP contribution in [0.1, 0.15) is 24.0 Å². The number of rotatable bonds is 8. The van der Waals surface area contributed by atoms with Gasteiger partial charge in [0.05, 0.1) is 6.42 Å². The van der Waals surface area contributed by atoms with Gasteiger partial charge in [-0.1, -0.05) is 60.7 Å². The van der Waals surface area contributed by atoms with Crippen LogP contribution in [0.25, 0.3) is 0 Å². The van der Waals surface area contributed by atoms with E-state index in [1.165, 1.54) is 5.56 Å². The monoisotopic (exact) mass is 311 g/mol. The molecular formula is C19H21NO3. The van der Waals surface area contributed by atoms with Crippen molar-refractivity contribution in [3.05, 3.63) is 71.8 Å². The Morgan fingerprint density at radius 3 is 2.04 bits per heavy atom. The molecule has 0 aromatic heterocycles. The molecule has 0 bridgehead atoms.